The van der Waals surface area contributed by atoms with Gasteiger partial charge in [0.2, 0.25) is 0 Å². The van der Waals surface area contributed by atoms with Crippen molar-refractivity contribution in [3.8, 4) is 0 Å². The zero-order valence-corrected chi connectivity index (χ0v) is 13.3. The van der Waals surface area contributed by atoms with Gasteiger partial charge in [0.05, 0.1) is 0 Å². The molecule has 1 amide bonds. The largest absolute Gasteiger partial charge is 0.451 e. The van der Waals surface area contributed by atoms with Gasteiger partial charge in [0.1, 0.15) is 5.69 Å². The highest BCUT2D eigenvalue weighted by atomic mass is 16.5. The van der Waals surface area contributed by atoms with E-state index in [1.807, 2.05) is 24.3 Å². The van der Waals surface area contributed by atoms with E-state index in [0.29, 0.717) is 11.6 Å². The molecule has 5 nitrogen and oxygen atoms in total. The number of amides is 1. The number of hydrogen-bond donors (Lipinski definition) is 2. The minimum atomic E-state index is -0.506. The summed E-state index contributed by atoms with van der Waals surface area (Å²) in [5.74, 6) is -0.252. The molecule has 5 heteroatoms. The van der Waals surface area contributed by atoms with Crippen molar-refractivity contribution in [3.05, 3.63) is 36.0 Å². The molecule has 1 aliphatic carbocycles. The number of esters is 1. The first-order chi connectivity index (χ1) is 11.1. The maximum Gasteiger partial charge on any atom is 0.355 e. The topological polar surface area (TPSA) is 71.2 Å². The summed E-state index contributed by atoms with van der Waals surface area (Å²) in [7, 11) is 0. The van der Waals surface area contributed by atoms with Gasteiger partial charge in [-0.15, -0.1) is 0 Å². The Morgan fingerprint density at radius 3 is 2.83 bits per heavy atom. The van der Waals surface area contributed by atoms with Crippen LogP contribution in [0.1, 0.15) is 43.1 Å². The summed E-state index contributed by atoms with van der Waals surface area (Å²) in [6.07, 6.45) is 4.51. The Balaban J connectivity index is 1.52. The van der Waals surface area contributed by atoms with Crippen LogP contribution in [0.25, 0.3) is 10.9 Å². The molecule has 1 heterocycles. The fourth-order valence-corrected chi connectivity index (χ4v) is 3.17. The fraction of sp³-hybridized carbons (Fsp3) is 0.444. The Morgan fingerprint density at radius 2 is 2.04 bits per heavy atom. The lowest BCUT2D eigenvalue weighted by Crippen LogP contribution is -2.42. The van der Waals surface area contributed by atoms with Crippen molar-refractivity contribution in [1.29, 1.82) is 0 Å². The van der Waals surface area contributed by atoms with Crippen LogP contribution in [0.15, 0.2) is 30.3 Å². The predicted molar refractivity (Wildman–Crippen MR) is 88.1 cm³/mol. The summed E-state index contributed by atoms with van der Waals surface area (Å²) in [5.41, 5.74) is 1.24. The molecule has 1 saturated carbocycles. The van der Waals surface area contributed by atoms with E-state index in [4.69, 9.17) is 4.74 Å². The monoisotopic (exact) mass is 314 g/mol. The lowest BCUT2D eigenvalue weighted by atomic mass is 9.86. The van der Waals surface area contributed by atoms with Crippen molar-refractivity contribution in [2.45, 2.75) is 38.6 Å². The number of para-hydroxylation sites is 1. The zero-order valence-electron chi connectivity index (χ0n) is 13.3. The number of fused-ring (bicyclic) bond motifs is 1. The van der Waals surface area contributed by atoms with Crippen LogP contribution in [-0.2, 0) is 9.53 Å². The average molecular weight is 314 g/mol. The average Bonchev–Trinajstić information content (AvgIpc) is 2.99. The van der Waals surface area contributed by atoms with Crippen molar-refractivity contribution in [2.75, 3.05) is 6.61 Å². The van der Waals surface area contributed by atoms with E-state index in [1.165, 1.54) is 6.42 Å². The van der Waals surface area contributed by atoms with Crippen LogP contribution in [0.5, 0.6) is 0 Å². The van der Waals surface area contributed by atoms with Gasteiger partial charge in [-0.2, -0.15) is 0 Å². The van der Waals surface area contributed by atoms with Gasteiger partial charge < -0.3 is 15.0 Å². The van der Waals surface area contributed by atoms with Gasteiger partial charge in [0.25, 0.3) is 5.91 Å². The van der Waals surface area contributed by atoms with E-state index < -0.39 is 5.97 Å². The van der Waals surface area contributed by atoms with Gasteiger partial charge in [-0.25, -0.2) is 4.79 Å². The molecular formula is C18H22N2O3. The molecular weight excluding hydrogens is 292 g/mol. The lowest BCUT2D eigenvalue weighted by Gasteiger charge is -2.29. The number of nitrogens with one attached hydrogen (secondary N) is 2. The van der Waals surface area contributed by atoms with E-state index in [0.717, 1.165) is 30.2 Å². The summed E-state index contributed by atoms with van der Waals surface area (Å²) in [6.45, 7) is 1.91. The van der Waals surface area contributed by atoms with Gasteiger partial charge in [-0.3, -0.25) is 4.79 Å². The highest BCUT2D eigenvalue weighted by Gasteiger charge is 2.23. The number of aromatic amines is 1. The molecule has 0 unspecified atom stereocenters. The number of carbonyl (C=O) groups excluding carboxylic acids is 2. The Morgan fingerprint density at radius 1 is 1.26 bits per heavy atom. The van der Waals surface area contributed by atoms with Crippen LogP contribution in [0.3, 0.4) is 0 Å². The first-order valence-corrected chi connectivity index (χ1v) is 8.18. The first-order valence-electron chi connectivity index (χ1n) is 8.18. The van der Waals surface area contributed by atoms with Crippen LogP contribution < -0.4 is 5.32 Å². The van der Waals surface area contributed by atoms with Crippen LogP contribution in [0.2, 0.25) is 0 Å². The Bertz CT molecular complexity index is 674. The number of aromatic nitrogens is 1. The molecule has 0 aliphatic heterocycles. The van der Waals surface area contributed by atoms with Crippen molar-refractivity contribution >= 4 is 22.8 Å². The third kappa shape index (κ3) is 3.73. The highest BCUT2D eigenvalue weighted by Crippen LogP contribution is 2.23. The summed E-state index contributed by atoms with van der Waals surface area (Å²) in [5, 5.41) is 3.92. The number of H-pyrrole nitrogens is 1. The molecule has 0 radical (unpaired) electrons. The highest BCUT2D eigenvalue weighted by molar-refractivity contribution is 5.95. The molecule has 23 heavy (non-hydrogen) atoms. The minimum absolute atomic E-state index is 0.197. The van der Waals surface area contributed by atoms with E-state index in [1.54, 1.807) is 6.07 Å². The fourth-order valence-electron chi connectivity index (χ4n) is 3.17. The van der Waals surface area contributed by atoms with Crippen molar-refractivity contribution in [1.82, 2.24) is 10.3 Å². The second-order valence-corrected chi connectivity index (χ2v) is 6.28. The molecule has 1 fully saturated rings. The molecule has 1 aliphatic rings. The second-order valence-electron chi connectivity index (χ2n) is 6.28. The third-order valence-corrected chi connectivity index (χ3v) is 4.54. The molecule has 0 saturated heterocycles. The van der Waals surface area contributed by atoms with Crippen LogP contribution >= 0.6 is 0 Å². The SMILES string of the molecule is C[C@H]1CCCC[C@@H]1NC(=O)COC(=O)c1cc2ccccc2[nH]1. The van der Waals surface area contributed by atoms with Gasteiger partial charge in [-0.05, 0) is 30.9 Å². The zero-order chi connectivity index (χ0) is 16.2. The van der Waals surface area contributed by atoms with Crippen molar-refractivity contribution in [3.63, 3.8) is 0 Å². The Kier molecular flexibility index (Phi) is 4.65. The predicted octanol–water partition coefficient (Wildman–Crippen LogP) is 3.02. The molecule has 2 aromatic rings. The molecule has 2 atom stereocenters. The molecule has 1 aromatic heterocycles. The van der Waals surface area contributed by atoms with Crippen molar-refractivity contribution in [2.24, 2.45) is 5.92 Å². The smallest absolute Gasteiger partial charge is 0.355 e. The van der Waals surface area contributed by atoms with Crippen molar-refractivity contribution < 1.29 is 14.3 Å². The summed E-state index contributed by atoms with van der Waals surface area (Å²) in [6, 6.07) is 9.54. The van der Waals surface area contributed by atoms with Gasteiger partial charge >= 0.3 is 5.97 Å². The van der Waals surface area contributed by atoms with E-state index in [-0.39, 0.29) is 18.6 Å². The van der Waals surface area contributed by atoms with Gasteiger partial charge in [0.15, 0.2) is 6.61 Å². The summed E-state index contributed by atoms with van der Waals surface area (Å²) >= 11 is 0. The Hall–Kier alpha value is -2.30. The molecule has 2 N–H and O–H groups in total. The van der Waals surface area contributed by atoms with Crippen LogP contribution in [-0.4, -0.2) is 29.5 Å². The molecule has 0 bridgehead atoms. The van der Waals surface area contributed by atoms with Crippen LogP contribution in [0, 0.1) is 5.92 Å². The van der Waals surface area contributed by atoms with E-state index in [9.17, 15) is 9.59 Å². The maximum absolute atomic E-state index is 12.0. The summed E-state index contributed by atoms with van der Waals surface area (Å²) < 4.78 is 5.11. The van der Waals surface area contributed by atoms with Crippen LogP contribution in [0.4, 0.5) is 0 Å². The van der Waals surface area contributed by atoms with Gasteiger partial charge in [0, 0.05) is 16.9 Å². The van der Waals surface area contributed by atoms with E-state index in [2.05, 4.69) is 17.2 Å². The van der Waals surface area contributed by atoms with E-state index >= 15 is 0 Å². The lowest BCUT2D eigenvalue weighted by molar-refractivity contribution is -0.125. The Labute approximate surface area is 135 Å². The normalized spacial score (nSPS) is 21.1. The number of hydrogen-bond acceptors (Lipinski definition) is 3. The number of rotatable bonds is 4. The molecule has 122 valence electrons. The minimum Gasteiger partial charge on any atom is -0.451 e. The van der Waals surface area contributed by atoms with Gasteiger partial charge in [-0.1, -0.05) is 38.0 Å². The molecule has 3 rings (SSSR count). The summed E-state index contributed by atoms with van der Waals surface area (Å²) in [4.78, 5) is 27.0. The number of benzene rings is 1. The molecule has 1 aromatic carbocycles. The number of ether oxygens (including phenoxy) is 1. The standard InChI is InChI=1S/C18H22N2O3/c1-12-6-2-4-8-14(12)20-17(21)11-23-18(22)16-10-13-7-3-5-9-15(13)19-16/h3,5,7,9-10,12,14,19H,2,4,6,8,11H2,1H3,(H,20,21)/t12-,14-/m0/s1. The number of carbonyl (C=O) groups is 2. The quantitative estimate of drug-likeness (QED) is 0.852. The first kappa shape index (κ1) is 15.6. The third-order valence-electron chi connectivity index (χ3n) is 4.54. The maximum atomic E-state index is 12.0. The molecule has 0 spiro atoms. The second kappa shape index (κ2) is 6.86.